The Hall–Kier alpha value is -2.83. The third-order valence-electron chi connectivity index (χ3n) is 4.93. The first-order chi connectivity index (χ1) is 14.2. The van der Waals surface area contributed by atoms with Crippen LogP contribution in [0.4, 0.5) is 10.5 Å². The summed E-state index contributed by atoms with van der Waals surface area (Å²) in [6.45, 7) is 5.38. The summed E-state index contributed by atoms with van der Waals surface area (Å²) >= 11 is 6.03. The van der Waals surface area contributed by atoms with Gasteiger partial charge in [-0.2, -0.15) is 0 Å². The van der Waals surface area contributed by atoms with Crippen molar-refractivity contribution in [2.24, 2.45) is 0 Å². The number of H-pyrrole nitrogens is 1. The topological polar surface area (TPSA) is 68.4 Å². The SMILES string of the molecule is Cc1cc(C)c2cc(CN(CCN(C)C)C(=O)Nc3cccc(Cl)c3)c(=O)[nH]c2c1. The smallest absolute Gasteiger partial charge is 0.322 e. The average molecular weight is 427 g/mol. The Bertz CT molecular complexity index is 1120. The molecule has 0 aliphatic rings. The predicted molar refractivity (Wildman–Crippen MR) is 123 cm³/mol. The number of fused-ring (bicyclic) bond motifs is 1. The van der Waals surface area contributed by atoms with Crippen LogP contribution in [0.15, 0.2) is 47.3 Å². The number of amides is 2. The van der Waals surface area contributed by atoms with Gasteiger partial charge in [0.05, 0.1) is 6.54 Å². The number of rotatable bonds is 6. The van der Waals surface area contributed by atoms with Crippen LogP contribution in [-0.2, 0) is 6.54 Å². The molecule has 0 radical (unpaired) electrons. The minimum Gasteiger partial charge on any atom is -0.322 e. The lowest BCUT2D eigenvalue weighted by Crippen LogP contribution is -2.40. The number of nitrogens with zero attached hydrogens (tertiary/aromatic N) is 2. The molecule has 0 saturated carbocycles. The number of benzene rings is 2. The summed E-state index contributed by atoms with van der Waals surface area (Å²) < 4.78 is 0. The molecule has 1 aromatic heterocycles. The van der Waals surface area contributed by atoms with E-state index < -0.39 is 0 Å². The number of hydrogen-bond acceptors (Lipinski definition) is 3. The highest BCUT2D eigenvalue weighted by atomic mass is 35.5. The normalized spacial score (nSPS) is 11.1. The summed E-state index contributed by atoms with van der Waals surface area (Å²) in [5.41, 5.74) is 3.97. The van der Waals surface area contributed by atoms with Crippen molar-refractivity contribution in [3.05, 3.63) is 74.5 Å². The van der Waals surface area contributed by atoms with E-state index in [1.165, 1.54) is 0 Å². The van der Waals surface area contributed by atoms with Gasteiger partial charge in [0.2, 0.25) is 0 Å². The lowest BCUT2D eigenvalue weighted by molar-refractivity contribution is 0.202. The maximum Gasteiger partial charge on any atom is 0.322 e. The largest absolute Gasteiger partial charge is 0.322 e. The number of urea groups is 1. The molecule has 2 aromatic carbocycles. The number of aromatic amines is 1. The lowest BCUT2D eigenvalue weighted by atomic mass is 10.0. The van der Waals surface area contributed by atoms with Gasteiger partial charge in [0.25, 0.3) is 5.56 Å². The molecule has 3 rings (SSSR count). The van der Waals surface area contributed by atoms with Crippen molar-refractivity contribution in [1.82, 2.24) is 14.8 Å². The number of carbonyl (C=O) groups is 1. The molecule has 0 fully saturated rings. The summed E-state index contributed by atoms with van der Waals surface area (Å²) in [5.74, 6) is 0. The Labute approximate surface area is 181 Å². The van der Waals surface area contributed by atoms with Crippen LogP contribution >= 0.6 is 11.6 Å². The van der Waals surface area contributed by atoms with E-state index in [-0.39, 0.29) is 18.1 Å². The molecule has 0 aliphatic carbocycles. The first-order valence-electron chi connectivity index (χ1n) is 9.82. The van der Waals surface area contributed by atoms with Gasteiger partial charge in [-0.1, -0.05) is 23.7 Å². The summed E-state index contributed by atoms with van der Waals surface area (Å²) in [7, 11) is 3.89. The zero-order chi connectivity index (χ0) is 21.8. The van der Waals surface area contributed by atoms with E-state index in [2.05, 4.69) is 16.4 Å². The molecule has 6 nitrogen and oxygen atoms in total. The second-order valence-electron chi connectivity index (χ2n) is 7.83. The van der Waals surface area contributed by atoms with Gasteiger partial charge < -0.3 is 20.1 Å². The second kappa shape index (κ2) is 9.32. The summed E-state index contributed by atoms with van der Waals surface area (Å²) in [6, 6.07) is 12.7. The molecule has 0 bridgehead atoms. The van der Waals surface area contributed by atoms with Crippen molar-refractivity contribution in [3.8, 4) is 0 Å². The molecule has 0 unspecified atom stereocenters. The van der Waals surface area contributed by atoms with E-state index in [0.717, 1.165) is 22.0 Å². The van der Waals surface area contributed by atoms with E-state index in [1.807, 2.05) is 45.0 Å². The highest BCUT2D eigenvalue weighted by molar-refractivity contribution is 6.30. The zero-order valence-electron chi connectivity index (χ0n) is 17.8. The quantitative estimate of drug-likeness (QED) is 0.614. The molecule has 0 atom stereocenters. The molecule has 0 aliphatic heterocycles. The third-order valence-corrected chi connectivity index (χ3v) is 5.17. The number of carbonyl (C=O) groups excluding carboxylic acids is 1. The molecule has 1 heterocycles. The van der Waals surface area contributed by atoms with Crippen LogP contribution in [0.3, 0.4) is 0 Å². The van der Waals surface area contributed by atoms with Crippen LogP contribution in [0.25, 0.3) is 10.9 Å². The molecular formula is C23H27ClN4O2. The van der Waals surface area contributed by atoms with E-state index in [9.17, 15) is 9.59 Å². The average Bonchev–Trinajstić information content (AvgIpc) is 2.65. The lowest BCUT2D eigenvalue weighted by Gasteiger charge is -2.25. The van der Waals surface area contributed by atoms with Crippen LogP contribution in [-0.4, -0.2) is 48.0 Å². The van der Waals surface area contributed by atoms with E-state index in [1.54, 1.807) is 29.2 Å². The van der Waals surface area contributed by atoms with Gasteiger partial charge >= 0.3 is 6.03 Å². The molecule has 3 aromatic rings. The Morgan fingerprint density at radius 2 is 1.87 bits per heavy atom. The fourth-order valence-corrected chi connectivity index (χ4v) is 3.57. The maximum absolute atomic E-state index is 13.0. The van der Waals surface area contributed by atoms with Gasteiger partial charge in [-0.15, -0.1) is 0 Å². The molecular weight excluding hydrogens is 400 g/mol. The minimum atomic E-state index is -0.278. The van der Waals surface area contributed by atoms with Gasteiger partial charge in [0, 0.05) is 40.3 Å². The maximum atomic E-state index is 13.0. The van der Waals surface area contributed by atoms with Gasteiger partial charge in [-0.25, -0.2) is 4.79 Å². The van der Waals surface area contributed by atoms with Crippen molar-refractivity contribution >= 4 is 34.2 Å². The van der Waals surface area contributed by atoms with Crippen molar-refractivity contribution in [1.29, 1.82) is 0 Å². The van der Waals surface area contributed by atoms with Gasteiger partial charge in [-0.3, -0.25) is 4.79 Å². The van der Waals surface area contributed by atoms with Crippen LogP contribution in [0, 0.1) is 13.8 Å². The Balaban J connectivity index is 1.89. The van der Waals surface area contributed by atoms with Crippen LogP contribution in [0.1, 0.15) is 16.7 Å². The Morgan fingerprint density at radius 1 is 1.10 bits per heavy atom. The number of anilines is 1. The molecule has 2 N–H and O–H groups in total. The second-order valence-corrected chi connectivity index (χ2v) is 8.27. The number of nitrogens with one attached hydrogen (secondary N) is 2. The highest BCUT2D eigenvalue weighted by Gasteiger charge is 2.17. The Morgan fingerprint density at radius 3 is 2.57 bits per heavy atom. The standard InChI is InChI=1S/C23H27ClN4O2/c1-15-10-16(2)20-12-17(22(29)26-21(20)11-15)14-28(9-8-27(3)4)23(30)25-19-7-5-6-18(24)13-19/h5-7,10-13H,8-9,14H2,1-4H3,(H,25,30)(H,26,29). The molecule has 0 spiro atoms. The predicted octanol–water partition coefficient (Wildman–Crippen LogP) is 4.39. The number of aromatic nitrogens is 1. The summed E-state index contributed by atoms with van der Waals surface area (Å²) in [5, 5.41) is 4.40. The summed E-state index contributed by atoms with van der Waals surface area (Å²) in [4.78, 5) is 32.3. The van der Waals surface area contributed by atoms with Crippen molar-refractivity contribution in [3.63, 3.8) is 0 Å². The molecule has 7 heteroatoms. The van der Waals surface area contributed by atoms with E-state index in [4.69, 9.17) is 11.6 Å². The van der Waals surface area contributed by atoms with Crippen molar-refractivity contribution < 1.29 is 4.79 Å². The number of likely N-dealkylation sites (N-methyl/N-ethyl adjacent to an activating group) is 1. The molecule has 0 saturated heterocycles. The summed E-state index contributed by atoms with van der Waals surface area (Å²) in [6.07, 6.45) is 0. The number of pyridine rings is 1. The van der Waals surface area contributed by atoms with Crippen LogP contribution < -0.4 is 10.9 Å². The molecule has 2 amide bonds. The van der Waals surface area contributed by atoms with Gasteiger partial charge in [-0.05, 0) is 69.4 Å². The van der Waals surface area contributed by atoms with Crippen molar-refractivity contribution in [2.75, 3.05) is 32.5 Å². The fourth-order valence-electron chi connectivity index (χ4n) is 3.38. The zero-order valence-corrected chi connectivity index (χ0v) is 18.5. The molecule has 158 valence electrons. The van der Waals surface area contributed by atoms with Crippen LogP contribution in [0.2, 0.25) is 5.02 Å². The van der Waals surface area contributed by atoms with Crippen LogP contribution in [0.5, 0.6) is 0 Å². The fraction of sp³-hybridized carbons (Fsp3) is 0.304. The van der Waals surface area contributed by atoms with Crippen molar-refractivity contribution in [2.45, 2.75) is 20.4 Å². The van der Waals surface area contributed by atoms with Gasteiger partial charge in [0.15, 0.2) is 0 Å². The van der Waals surface area contributed by atoms with Gasteiger partial charge in [0.1, 0.15) is 0 Å². The Kier molecular flexibility index (Phi) is 6.80. The first kappa shape index (κ1) is 21.9. The first-order valence-corrected chi connectivity index (χ1v) is 10.2. The third kappa shape index (κ3) is 5.40. The monoisotopic (exact) mass is 426 g/mol. The van der Waals surface area contributed by atoms with E-state index >= 15 is 0 Å². The number of halogens is 1. The highest BCUT2D eigenvalue weighted by Crippen LogP contribution is 2.20. The molecule has 30 heavy (non-hydrogen) atoms. The number of aryl methyl sites for hydroxylation is 2. The van der Waals surface area contributed by atoms with E-state index in [0.29, 0.717) is 29.4 Å². The number of hydrogen-bond donors (Lipinski definition) is 2. The minimum absolute atomic E-state index is 0.182.